The van der Waals surface area contributed by atoms with Crippen LogP contribution in [0.15, 0.2) is 37.1 Å². The molecule has 206 valence electrons. The van der Waals surface area contributed by atoms with Crippen LogP contribution in [0.2, 0.25) is 0 Å². The van der Waals surface area contributed by atoms with E-state index >= 15 is 0 Å². The maximum absolute atomic E-state index is 13.9. The van der Waals surface area contributed by atoms with Gasteiger partial charge in [0.25, 0.3) is 0 Å². The number of pyridine rings is 1. The molecule has 4 atom stereocenters. The molecule has 0 radical (unpaired) electrons. The maximum atomic E-state index is 13.9. The van der Waals surface area contributed by atoms with Gasteiger partial charge >= 0.3 is 0 Å². The normalized spacial score (nSPS) is 29.4. The summed E-state index contributed by atoms with van der Waals surface area (Å²) in [7, 11) is 0. The lowest BCUT2D eigenvalue weighted by Gasteiger charge is -2.45. The monoisotopic (exact) mass is 536 g/mol. The van der Waals surface area contributed by atoms with Crippen LogP contribution < -0.4 is 10.2 Å². The number of halogens is 2. The molecule has 39 heavy (non-hydrogen) atoms. The smallest absolute Gasteiger partial charge is 0.248 e. The minimum Gasteiger partial charge on any atom is -0.334 e. The van der Waals surface area contributed by atoms with E-state index in [0.717, 1.165) is 12.8 Å². The van der Waals surface area contributed by atoms with Crippen LogP contribution in [0.5, 0.6) is 0 Å². The van der Waals surface area contributed by atoms with Crippen LogP contribution in [0.25, 0.3) is 11.5 Å². The zero-order chi connectivity index (χ0) is 26.7. The van der Waals surface area contributed by atoms with Gasteiger partial charge in [-0.25, -0.2) is 18.7 Å². The first-order chi connectivity index (χ1) is 18.9. The number of rotatable bonds is 5. The molecule has 3 aromatic heterocycles. The molecule has 3 aliphatic carbocycles. The standard InChI is InChI=1S/C28H34F2N8O/c1-17-11-22-20(12-24(17)36-13-23(31-14-36)18-5-6-18)27(39)38(15-32-22)25-4-2-3-21(34-25)26-35-33-16-37(26)19-7-9-28(29,30)10-8-19/h2-4,13-14,16-20,22,24,32H,5-12,15H2,1H3. The summed E-state index contributed by atoms with van der Waals surface area (Å²) < 4.78 is 31.6. The molecule has 0 bridgehead atoms. The van der Waals surface area contributed by atoms with Crippen molar-refractivity contribution in [1.82, 2.24) is 34.6 Å². The highest BCUT2D eigenvalue weighted by Gasteiger charge is 2.45. The summed E-state index contributed by atoms with van der Waals surface area (Å²) in [5.74, 6) is -0.525. The summed E-state index contributed by atoms with van der Waals surface area (Å²) in [6.45, 7) is 2.67. The number of alkyl halides is 2. The number of fused-ring (bicyclic) bond motifs is 1. The fourth-order valence-corrected chi connectivity index (χ4v) is 6.79. The average Bonchev–Trinajstić information content (AvgIpc) is 3.45. The third-order valence-corrected chi connectivity index (χ3v) is 9.25. The Morgan fingerprint density at radius 2 is 1.90 bits per heavy atom. The topological polar surface area (TPSA) is 93.8 Å². The van der Waals surface area contributed by atoms with Crippen LogP contribution in [0.3, 0.4) is 0 Å². The fraction of sp³-hybridized carbons (Fsp3) is 0.607. The van der Waals surface area contributed by atoms with Gasteiger partial charge in [0.15, 0.2) is 5.82 Å². The SMILES string of the molecule is CC1CC2NCN(c3cccc(-c4nncn4C4CCC(F)(F)CC4)n3)C(=O)C2CC1n1cnc(C2CC2)c1. The van der Waals surface area contributed by atoms with Gasteiger partial charge in [-0.2, -0.15) is 0 Å². The number of carbonyl (C=O) groups excluding carboxylic acids is 1. The molecule has 4 aliphatic rings. The Balaban J connectivity index is 1.10. The van der Waals surface area contributed by atoms with E-state index in [0.29, 0.717) is 48.7 Å². The van der Waals surface area contributed by atoms with Crippen molar-refractivity contribution in [3.05, 3.63) is 42.7 Å². The molecular formula is C28H34F2N8O. The Morgan fingerprint density at radius 3 is 2.69 bits per heavy atom. The van der Waals surface area contributed by atoms with Crippen molar-refractivity contribution < 1.29 is 13.6 Å². The number of nitrogens with one attached hydrogen (secondary N) is 1. The highest BCUT2D eigenvalue weighted by atomic mass is 19.3. The second-order valence-electron chi connectivity index (χ2n) is 11.9. The predicted molar refractivity (Wildman–Crippen MR) is 140 cm³/mol. The van der Waals surface area contributed by atoms with E-state index in [9.17, 15) is 13.6 Å². The largest absolute Gasteiger partial charge is 0.334 e. The Bertz CT molecular complexity index is 1360. The van der Waals surface area contributed by atoms with Crippen molar-refractivity contribution in [3.8, 4) is 11.5 Å². The van der Waals surface area contributed by atoms with E-state index in [1.807, 2.05) is 29.1 Å². The Labute approximate surface area is 226 Å². The van der Waals surface area contributed by atoms with Crippen molar-refractivity contribution >= 4 is 11.7 Å². The summed E-state index contributed by atoms with van der Waals surface area (Å²) in [5, 5.41) is 11.9. The van der Waals surface area contributed by atoms with Gasteiger partial charge in [0.05, 0.1) is 24.6 Å². The lowest BCUT2D eigenvalue weighted by Crippen LogP contribution is -2.60. The molecule has 7 rings (SSSR count). The first-order valence-electron chi connectivity index (χ1n) is 14.2. The molecule has 3 saturated carbocycles. The Hall–Kier alpha value is -3.21. The summed E-state index contributed by atoms with van der Waals surface area (Å²) in [6, 6.07) is 5.82. The van der Waals surface area contributed by atoms with E-state index in [4.69, 9.17) is 4.98 Å². The number of hydrogen-bond donors (Lipinski definition) is 1. The number of hydrogen-bond acceptors (Lipinski definition) is 6. The number of nitrogens with zero attached hydrogens (tertiary/aromatic N) is 7. The summed E-state index contributed by atoms with van der Waals surface area (Å²) in [6.07, 6.45) is 10.3. The van der Waals surface area contributed by atoms with Crippen molar-refractivity contribution in [2.75, 3.05) is 11.6 Å². The van der Waals surface area contributed by atoms with Crippen LogP contribution >= 0.6 is 0 Å². The third kappa shape index (κ3) is 4.64. The average molecular weight is 537 g/mol. The number of amides is 1. The predicted octanol–water partition coefficient (Wildman–Crippen LogP) is 4.71. The van der Waals surface area contributed by atoms with E-state index in [2.05, 4.69) is 38.2 Å². The van der Waals surface area contributed by atoms with E-state index in [-0.39, 0.29) is 42.8 Å². The second kappa shape index (κ2) is 9.46. The number of carbonyl (C=O) groups is 1. The van der Waals surface area contributed by atoms with Crippen molar-refractivity contribution in [1.29, 1.82) is 0 Å². The summed E-state index contributed by atoms with van der Waals surface area (Å²) >= 11 is 0. The third-order valence-electron chi connectivity index (χ3n) is 9.25. The zero-order valence-electron chi connectivity index (χ0n) is 22.1. The van der Waals surface area contributed by atoms with Crippen LogP contribution in [0.1, 0.15) is 82.0 Å². The molecule has 1 aliphatic heterocycles. The summed E-state index contributed by atoms with van der Waals surface area (Å²) in [4.78, 5) is 25.0. The first-order valence-corrected chi connectivity index (χ1v) is 14.2. The van der Waals surface area contributed by atoms with Gasteiger partial charge in [0.1, 0.15) is 17.8 Å². The number of anilines is 1. The molecule has 1 saturated heterocycles. The minimum atomic E-state index is -2.60. The molecule has 4 unspecified atom stereocenters. The molecule has 4 fully saturated rings. The quantitative estimate of drug-likeness (QED) is 0.508. The molecule has 3 aromatic rings. The molecule has 9 nitrogen and oxygen atoms in total. The first kappa shape index (κ1) is 24.8. The lowest BCUT2D eigenvalue weighted by atomic mass is 9.74. The maximum Gasteiger partial charge on any atom is 0.248 e. The summed E-state index contributed by atoms with van der Waals surface area (Å²) in [5.41, 5.74) is 1.76. The van der Waals surface area contributed by atoms with Crippen molar-refractivity contribution in [2.45, 2.75) is 88.3 Å². The van der Waals surface area contributed by atoms with Gasteiger partial charge in [-0.1, -0.05) is 13.0 Å². The van der Waals surface area contributed by atoms with E-state index < -0.39 is 5.92 Å². The van der Waals surface area contributed by atoms with Crippen molar-refractivity contribution in [2.24, 2.45) is 11.8 Å². The second-order valence-corrected chi connectivity index (χ2v) is 11.9. The van der Waals surface area contributed by atoms with Crippen LogP contribution in [0.4, 0.5) is 14.6 Å². The number of aromatic nitrogens is 6. The van der Waals surface area contributed by atoms with Gasteiger partial charge < -0.3 is 9.13 Å². The van der Waals surface area contributed by atoms with Crippen LogP contribution in [0, 0.1) is 11.8 Å². The lowest BCUT2D eigenvalue weighted by molar-refractivity contribution is -0.127. The zero-order valence-corrected chi connectivity index (χ0v) is 22.1. The molecular weight excluding hydrogens is 502 g/mol. The molecule has 1 N–H and O–H groups in total. The Kier molecular flexibility index (Phi) is 6.02. The van der Waals surface area contributed by atoms with Crippen molar-refractivity contribution in [3.63, 3.8) is 0 Å². The van der Waals surface area contributed by atoms with Gasteiger partial charge in [-0.15, -0.1) is 10.2 Å². The van der Waals surface area contributed by atoms with Crippen LogP contribution in [-0.2, 0) is 4.79 Å². The number of imidazole rings is 1. The highest BCUT2D eigenvalue weighted by molar-refractivity contribution is 5.95. The van der Waals surface area contributed by atoms with Gasteiger partial charge in [0.2, 0.25) is 11.8 Å². The highest BCUT2D eigenvalue weighted by Crippen LogP contribution is 2.43. The minimum absolute atomic E-state index is 0.0822. The molecule has 4 heterocycles. The van der Waals surface area contributed by atoms with Gasteiger partial charge in [0, 0.05) is 43.1 Å². The van der Waals surface area contributed by atoms with E-state index in [1.165, 1.54) is 18.5 Å². The molecule has 0 aromatic carbocycles. The molecule has 11 heteroatoms. The molecule has 1 amide bonds. The van der Waals surface area contributed by atoms with Gasteiger partial charge in [-0.3, -0.25) is 15.0 Å². The van der Waals surface area contributed by atoms with Crippen LogP contribution in [-0.4, -0.2) is 53.8 Å². The van der Waals surface area contributed by atoms with Gasteiger partial charge in [-0.05, 0) is 56.6 Å². The van der Waals surface area contributed by atoms with E-state index in [1.54, 1.807) is 11.2 Å². The molecule has 0 spiro atoms. The Morgan fingerprint density at radius 1 is 1.08 bits per heavy atom. The fourth-order valence-electron chi connectivity index (χ4n) is 6.79.